The average Bonchev–Trinajstić information content (AvgIpc) is 3.45. The predicted octanol–water partition coefficient (Wildman–Crippen LogP) is 0.355. The molecule has 3 rings (SSSR count). The molecule has 302 valence electrons. The number of nitrogens with two attached hydrogens (primary N) is 1. The number of amides is 2. The first kappa shape index (κ1) is 46.2. The molecule has 2 heterocycles. The number of phosphoric ester groups is 1. The van der Waals surface area contributed by atoms with Crippen LogP contribution in [0, 0.1) is 0 Å². The lowest BCUT2D eigenvalue weighted by Gasteiger charge is -2.24. The van der Waals surface area contributed by atoms with Gasteiger partial charge in [-0.15, -0.1) is 0 Å². The number of aromatic nitrogens is 2. The van der Waals surface area contributed by atoms with Crippen LogP contribution in [-0.2, 0) is 41.1 Å². The van der Waals surface area contributed by atoms with E-state index >= 15 is 0 Å². The number of hydrogen-bond acceptors (Lipinski definition) is 17. The van der Waals surface area contributed by atoms with Gasteiger partial charge in [0.2, 0.25) is 5.91 Å². The molecule has 28 heteroatoms. The SMILES string of the molecule is CC(C)(CNC(=O)CCCCNC(=O)c1ccc(B(O)O)cc1)SSCO[C@@H]1C[C@H](n2ccc(N)nc2=O)OC1COP(=O)(O)OP(=O)(O)OP(=O)(O)O. The minimum atomic E-state index is -5.75. The Balaban J connectivity index is 1.44. The number of carbonyl (C=O) groups excluding carboxylic acids is 2. The summed E-state index contributed by atoms with van der Waals surface area (Å²) in [6, 6.07) is 7.17. The number of nitrogens with zero attached hydrogens (tertiary/aromatic N) is 2. The van der Waals surface area contributed by atoms with Crippen LogP contribution < -0.4 is 27.5 Å². The molecule has 1 aliphatic heterocycles. The van der Waals surface area contributed by atoms with Crippen molar-refractivity contribution in [2.75, 3.05) is 31.4 Å². The maximum atomic E-state index is 12.4. The smallest absolute Gasteiger partial charge is 0.423 e. The van der Waals surface area contributed by atoms with Crippen LogP contribution in [0.25, 0.3) is 0 Å². The van der Waals surface area contributed by atoms with Crippen LogP contribution in [0.3, 0.4) is 0 Å². The van der Waals surface area contributed by atoms with Crippen molar-refractivity contribution in [2.24, 2.45) is 0 Å². The number of anilines is 1. The Bertz CT molecular complexity index is 1790. The van der Waals surface area contributed by atoms with Crippen molar-refractivity contribution in [3.05, 3.63) is 52.6 Å². The lowest BCUT2D eigenvalue weighted by molar-refractivity contribution is -0.121. The number of nitrogen functional groups attached to an aromatic ring is 1. The Morgan fingerprint density at radius 2 is 1.74 bits per heavy atom. The highest BCUT2D eigenvalue weighted by atomic mass is 33.1. The average molecular weight is 864 g/mol. The minimum Gasteiger partial charge on any atom is -0.423 e. The maximum Gasteiger partial charge on any atom is 0.490 e. The summed E-state index contributed by atoms with van der Waals surface area (Å²) in [4.78, 5) is 77.5. The summed E-state index contributed by atoms with van der Waals surface area (Å²) in [6.45, 7) is 3.59. The summed E-state index contributed by atoms with van der Waals surface area (Å²) in [7, 11) is -15.8. The van der Waals surface area contributed by atoms with E-state index in [0.29, 0.717) is 31.5 Å². The van der Waals surface area contributed by atoms with E-state index in [1.165, 1.54) is 58.1 Å². The third kappa shape index (κ3) is 16.5. The van der Waals surface area contributed by atoms with Crippen molar-refractivity contribution in [3.8, 4) is 0 Å². The lowest BCUT2D eigenvalue weighted by atomic mass is 9.80. The highest BCUT2D eigenvalue weighted by molar-refractivity contribution is 8.77. The molecule has 54 heavy (non-hydrogen) atoms. The van der Waals surface area contributed by atoms with Gasteiger partial charge in [-0.2, -0.15) is 13.6 Å². The molecule has 10 N–H and O–H groups in total. The third-order valence-corrected chi connectivity index (χ3v) is 13.8. The van der Waals surface area contributed by atoms with E-state index < -0.39 is 66.1 Å². The number of rotatable bonds is 22. The van der Waals surface area contributed by atoms with Gasteiger partial charge in [0.15, 0.2) is 0 Å². The zero-order valence-corrected chi connectivity index (χ0v) is 33.1. The van der Waals surface area contributed by atoms with Crippen molar-refractivity contribution >= 4 is 75.3 Å². The molecule has 0 saturated carbocycles. The van der Waals surface area contributed by atoms with E-state index in [0.717, 1.165) is 4.57 Å². The fourth-order valence-electron chi connectivity index (χ4n) is 4.56. The quantitative estimate of drug-likeness (QED) is 0.0254. The van der Waals surface area contributed by atoms with E-state index in [-0.39, 0.29) is 41.9 Å². The first-order valence-corrected chi connectivity index (χ1v) is 22.6. The molecular formula is C26H41BN5O17P3S2. The van der Waals surface area contributed by atoms with Gasteiger partial charge in [0.05, 0.1) is 12.7 Å². The zero-order chi connectivity index (χ0) is 40.3. The molecule has 3 unspecified atom stereocenters. The van der Waals surface area contributed by atoms with Crippen LogP contribution in [0.15, 0.2) is 41.3 Å². The molecule has 1 fully saturated rings. The largest absolute Gasteiger partial charge is 0.490 e. The molecule has 1 aromatic carbocycles. The van der Waals surface area contributed by atoms with Crippen LogP contribution in [-0.4, -0.2) is 101 Å². The van der Waals surface area contributed by atoms with Gasteiger partial charge in [-0.25, -0.2) is 18.5 Å². The molecule has 0 radical (unpaired) electrons. The van der Waals surface area contributed by atoms with Crippen LogP contribution >= 0.6 is 45.1 Å². The lowest BCUT2D eigenvalue weighted by Crippen LogP contribution is -2.36. The number of carbonyl (C=O) groups is 2. The van der Waals surface area contributed by atoms with Gasteiger partial charge in [0.25, 0.3) is 5.91 Å². The normalized spacial score (nSPS) is 19.8. The van der Waals surface area contributed by atoms with Crippen LogP contribution in [0.2, 0.25) is 0 Å². The standard InChI is InChI=1S/C26H41BN5O17P3S2/c1-26(2,15-30-22(33)5-3-4-11-29-24(34)17-6-8-18(9-7-17)27(36)37)54-53-16-45-19-13-23(32-12-10-21(28)31-25(32)35)47-20(19)14-46-51(41,42)49-52(43,44)48-50(38,39)40/h6-10,12,19-20,23,36-37H,3-5,11,13-16H2,1-2H3,(H,29,34)(H,30,33)(H,41,42)(H,43,44)(H2,28,31,35)(H2,38,39,40)/t19-,20?,23-/m1/s1. The summed E-state index contributed by atoms with van der Waals surface area (Å²) in [5.74, 6) is -0.545. The second-order valence-electron chi connectivity index (χ2n) is 12.1. The Morgan fingerprint density at radius 1 is 1.06 bits per heavy atom. The summed E-state index contributed by atoms with van der Waals surface area (Å²) in [5.41, 5.74) is 5.41. The number of hydrogen-bond donors (Lipinski definition) is 9. The summed E-state index contributed by atoms with van der Waals surface area (Å²) < 4.78 is 59.4. The second-order valence-corrected chi connectivity index (χ2v) is 19.4. The molecular weight excluding hydrogens is 822 g/mol. The molecule has 0 aliphatic carbocycles. The molecule has 0 bridgehead atoms. The zero-order valence-electron chi connectivity index (χ0n) is 28.7. The topological polar surface area (TPSA) is 338 Å². The highest BCUT2D eigenvalue weighted by Crippen LogP contribution is 2.66. The molecule has 2 amide bonds. The van der Waals surface area contributed by atoms with Gasteiger partial charge >= 0.3 is 36.3 Å². The van der Waals surface area contributed by atoms with Gasteiger partial charge in [-0.1, -0.05) is 33.7 Å². The van der Waals surface area contributed by atoms with Crippen molar-refractivity contribution < 1.29 is 75.5 Å². The van der Waals surface area contributed by atoms with Crippen molar-refractivity contribution in [1.29, 1.82) is 0 Å². The van der Waals surface area contributed by atoms with Crippen LogP contribution in [0.5, 0.6) is 0 Å². The second kappa shape index (κ2) is 20.3. The fourth-order valence-corrected chi connectivity index (χ4v) is 9.77. The Hall–Kier alpha value is -2.15. The molecule has 0 spiro atoms. The van der Waals surface area contributed by atoms with Crippen LogP contribution in [0.1, 0.15) is 56.1 Å². The molecule has 1 aliphatic rings. The molecule has 1 aromatic heterocycles. The molecule has 1 saturated heterocycles. The number of nitrogens with one attached hydrogen (secondary N) is 2. The van der Waals surface area contributed by atoms with Crippen LogP contribution in [0.4, 0.5) is 5.82 Å². The third-order valence-electron chi connectivity index (χ3n) is 7.07. The number of unbranched alkanes of at least 4 members (excludes halogenated alkanes) is 1. The Kier molecular flexibility index (Phi) is 17.4. The number of benzene rings is 1. The first-order chi connectivity index (χ1) is 25.0. The van der Waals surface area contributed by atoms with Crippen molar-refractivity contribution in [3.63, 3.8) is 0 Å². The van der Waals surface area contributed by atoms with Gasteiger partial charge in [0, 0.05) is 42.4 Å². The summed E-state index contributed by atoms with van der Waals surface area (Å²) in [6.07, 6.45) is -0.464. The number of phosphoric acid groups is 3. The van der Waals surface area contributed by atoms with E-state index in [9.17, 15) is 37.9 Å². The van der Waals surface area contributed by atoms with Crippen molar-refractivity contribution in [1.82, 2.24) is 20.2 Å². The van der Waals surface area contributed by atoms with Gasteiger partial charge in [0.1, 0.15) is 24.1 Å². The highest BCUT2D eigenvalue weighted by Gasteiger charge is 2.43. The molecule has 5 atom stereocenters. The fraction of sp³-hybridized carbons (Fsp3) is 0.538. The Labute approximate surface area is 316 Å². The molecule has 22 nitrogen and oxygen atoms in total. The van der Waals surface area contributed by atoms with Gasteiger partial charge < -0.3 is 55.5 Å². The monoisotopic (exact) mass is 863 g/mol. The van der Waals surface area contributed by atoms with Gasteiger partial charge in [-0.05, 0) is 50.4 Å². The first-order valence-electron chi connectivity index (χ1n) is 15.8. The summed E-state index contributed by atoms with van der Waals surface area (Å²) >= 11 is 0. The van der Waals surface area contributed by atoms with Gasteiger partial charge in [-0.3, -0.25) is 18.7 Å². The van der Waals surface area contributed by atoms with E-state index in [1.54, 1.807) is 0 Å². The maximum absolute atomic E-state index is 12.4. The van der Waals surface area contributed by atoms with E-state index in [2.05, 4.69) is 24.2 Å². The van der Waals surface area contributed by atoms with E-state index in [1.807, 2.05) is 13.8 Å². The minimum absolute atomic E-state index is 0.00696. The van der Waals surface area contributed by atoms with Crippen molar-refractivity contribution in [2.45, 2.75) is 62.7 Å². The van der Waals surface area contributed by atoms with E-state index in [4.69, 9.17) is 39.6 Å². The Morgan fingerprint density at radius 3 is 2.37 bits per heavy atom. The number of ether oxygens (including phenoxy) is 2. The summed E-state index contributed by atoms with van der Waals surface area (Å²) in [5, 5.41) is 23.9. The molecule has 2 aromatic rings. The predicted molar refractivity (Wildman–Crippen MR) is 196 cm³/mol.